The van der Waals surface area contributed by atoms with Crippen molar-refractivity contribution in [3.8, 4) is 11.1 Å². The first-order valence-corrected chi connectivity index (χ1v) is 13.0. The highest BCUT2D eigenvalue weighted by Gasteiger charge is 2.35. The molecule has 0 spiro atoms. The van der Waals surface area contributed by atoms with E-state index in [9.17, 15) is 14.4 Å². The summed E-state index contributed by atoms with van der Waals surface area (Å²) in [5.41, 5.74) is 3.38. The van der Waals surface area contributed by atoms with Gasteiger partial charge in [0.15, 0.2) is 6.04 Å². The fourth-order valence-corrected chi connectivity index (χ4v) is 4.94. The standard InChI is InChI=1S/C30H30N4O6/c1-18(39-30(2,3)4)26(28(36)40-34-27(35)23-15-9-10-16-25(23)32-33-34)31-29(37)38-17-24-21-13-7-5-11-19(21)20-12-6-8-14-22(20)24/h5-16,18,24,26H,17H2,1-4H3,(H,31,37)/t18?,26-/m0/s1. The Labute approximate surface area is 230 Å². The molecule has 2 atom stereocenters. The summed E-state index contributed by atoms with van der Waals surface area (Å²) < 4.78 is 11.6. The lowest BCUT2D eigenvalue weighted by atomic mass is 9.98. The lowest BCUT2D eigenvalue weighted by Crippen LogP contribution is -2.54. The molecule has 3 aromatic carbocycles. The average Bonchev–Trinajstić information content (AvgIpc) is 3.25. The number of hydrogen-bond acceptors (Lipinski definition) is 8. The van der Waals surface area contributed by atoms with Crippen LogP contribution in [0.2, 0.25) is 0 Å². The first-order chi connectivity index (χ1) is 19.1. The van der Waals surface area contributed by atoms with E-state index in [2.05, 4.69) is 15.6 Å². The molecule has 4 aromatic rings. The Morgan fingerprint density at radius 2 is 1.55 bits per heavy atom. The van der Waals surface area contributed by atoms with E-state index in [-0.39, 0.29) is 17.9 Å². The van der Waals surface area contributed by atoms with Gasteiger partial charge in [-0.15, -0.1) is 5.10 Å². The maximum absolute atomic E-state index is 13.3. The summed E-state index contributed by atoms with van der Waals surface area (Å²) in [7, 11) is 0. The number of benzene rings is 3. The van der Waals surface area contributed by atoms with Gasteiger partial charge in [0.2, 0.25) is 0 Å². The molecule has 0 saturated heterocycles. The van der Waals surface area contributed by atoms with Crippen molar-refractivity contribution < 1.29 is 23.9 Å². The zero-order valence-corrected chi connectivity index (χ0v) is 22.7. The minimum absolute atomic E-state index is 0.0613. The number of hydrogen-bond donors (Lipinski definition) is 1. The van der Waals surface area contributed by atoms with E-state index < -0.39 is 35.4 Å². The Bertz CT molecular complexity index is 1580. The molecule has 0 fully saturated rings. The van der Waals surface area contributed by atoms with Gasteiger partial charge in [-0.05, 0) is 72.1 Å². The molecule has 206 valence electrons. The second-order valence-corrected chi connectivity index (χ2v) is 10.6. The summed E-state index contributed by atoms with van der Waals surface area (Å²) in [4.78, 5) is 44.8. The topological polar surface area (TPSA) is 122 Å². The smallest absolute Gasteiger partial charge is 0.407 e. The number of ether oxygens (including phenoxy) is 2. The molecule has 40 heavy (non-hydrogen) atoms. The van der Waals surface area contributed by atoms with E-state index in [1.54, 1.807) is 31.2 Å². The predicted octanol–water partition coefficient (Wildman–Crippen LogP) is 3.86. The van der Waals surface area contributed by atoms with Crippen LogP contribution in [0.25, 0.3) is 22.0 Å². The van der Waals surface area contributed by atoms with Crippen LogP contribution in [-0.2, 0) is 14.3 Å². The Hall–Kier alpha value is -4.57. The van der Waals surface area contributed by atoms with Crippen LogP contribution >= 0.6 is 0 Å². The summed E-state index contributed by atoms with van der Waals surface area (Å²) in [6.45, 7) is 7.14. The van der Waals surface area contributed by atoms with Gasteiger partial charge in [-0.1, -0.05) is 60.7 Å². The lowest BCUT2D eigenvalue weighted by molar-refractivity contribution is -0.156. The highest BCUT2D eigenvalue weighted by molar-refractivity contribution is 5.83. The predicted molar refractivity (Wildman–Crippen MR) is 148 cm³/mol. The SMILES string of the molecule is CC(OC(C)(C)C)[C@H](NC(=O)OCC1c2ccccc2-c2ccccc21)C(=O)On1nnc2ccccc2c1=O. The minimum Gasteiger partial charge on any atom is -0.449 e. The molecule has 1 aliphatic rings. The van der Waals surface area contributed by atoms with Gasteiger partial charge in [0.25, 0.3) is 0 Å². The van der Waals surface area contributed by atoms with Gasteiger partial charge >= 0.3 is 17.6 Å². The molecule has 0 aliphatic heterocycles. The van der Waals surface area contributed by atoms with Crippen LogP contribution in [0.4, 0.5) is 4.79 Å². The highest BCUT2D eigenvalue weighted by Crippen LogP contribution is 2.44. The molecule has 10 nitrogen and oxygen atoms in total. The molecular weight excluding hydrogens is 512 g/mol. The van der Waals surface area contributed by atoms with E-state index >= 15 is 0 Å². The van der Waals surface area contributed by atoms with Crippen molar-refractivity contribution in [3.05, 3.63) is 94.3 Å². The fraction of sp³-hybridized carbons (Fsp3) is 0.300. The molecular formula is C30H30N4O6. The molecule has 1 unspecified atom stereocenters. The third kappa shape index (κ3) is 5.57. The van der Waals surface area contributed by atoms with Crippen LogP contribution in [0.1, 0.15) is 44.7 Å². The second-order valence-electron chi connectivity index (χ2n) is 10.6. The van der Waals surface area contributed by atoms with Gasteiger partial charge in [-0.3, -0.25) is 4.79 Å². The van der Waals surface area contributed by atoms with E-state index in [1.807, 2.05) is 69.3 Å². The molecule has 5 rings (SSSR count). The third-order valence-electron chi connectivity index (χ3n) is 6.60. The summed E-state index contributed by atoms with van der Waals surface area (Å²) in [5.74, 6) is -1.12. The maximum Gasteiger partial charge on any atom is 0.407 e. The van der Waals surface area contributed by atoms with Crippen LogP contribution < -0.4 is 15.7 Å². The van der Waals surface area contributed by atoms with Crippen LogP contribution in [0.3, 0.4) is 0 Å². The first kappa shape index (κ1) is 27.0. The van der Waals surface area contributed by atoms with E-state index in [0.29, 0.717) is 10.4 Å². The summed E-state index contributed by atoms with van der Waals surface area (Å²) in [6, 6.07) is 21.2. The zero-order chi connectivity index (χ0) is 28.4. The van der Waals surface area contributed by atoms with E-state index in [1.165, 1.54) is 0 Å². The Morgan fingerprint density at radius 3 is 2.20 bits per heavy atom. The molecule has 1 amide bonds. The molecule has 0 radical (unpaired) electrons. The van der Waals surface area contributed by atoms with E-state index in [4.69, 9.17) is 14.3 Å². The van der Waals surface area contributed by atoms with Crippen molar-refractivity contribution in [1.82, 2.24) is 20.5 Å². The first-order valence-electron chi connectivity index (χ1n) is 13.0. The Morgan fingerprint density at radius 1 is 0.950 bits per heavy atom. The van der Waals surface area contributed by atoms with Crippen LogP contribution in [0.15, 0.2) is 77.6 Å². The van der Waals surface area contributed by atoms with Crippen LogP contribution in [0.5, 0.6) is 0 Å². The van der Waals surface area contributed by atoms with Gasteiger partial charge in [-0.25, -0.2) is 9.59 Å². The van der Waals surface area contributed by atoms with Crippen molar-refractivity contribution in [3.63, 3.8) is 0 Å². The molecule has 0 saturated carbocycles. The third-order valence-corrected chi connectivity index (χ3v) is 6.60. The Balaban J connectivity index is 1.33. The normalized spacial score (nSPS) is 14.2. The fourth-order valence-electron chi connectivity index (χ4n) is 4.94. The molecule has 1 aliphatic carbocycles. The minimum atomic E-state index is -1.31. The van der Waals surface area contributed by atoms with Crippen molar-refractivity contribution in [2.24, 2.45) is 0 Å². The van der Waals surface area contributed by atoms with Crippen molar-refractivity contribution in [1.29, 1.82) is 0 Å². The van der Waals surface area contributed by atoms with Gasteiger partial charge < -0.3 is 19.6 Å². The van der Waals surface area contributed by atoms with Crippen molar-refractivity contribution in [2.45, 2.75) is 51.4 Å². The van der Waals surface area contributed by atoms with Gasteiger partial charge in [0.05, 0.1) is 17.1 Å². The highest BCUT2D eigenvalue weighted by atomic mass is 16.7. The number of aromatic nitrogens is 3. The maximum atomic E-state index is 13.3. The monoisotopic (exact) mass is 542 g/mol. The van der Waals surface area contributed by atoms with Gasteiger partial charge in [0.1, 0.15) is 12.1 Å². The number of nitrogens with one attached hydrogen (secondary N) is 1. The number of amides is 1. The molecule has 0 bridgehead atoms. The molecule has 1 heterocycles. The summed E-state index contributed by atoms with van der Waals surface area (Å²) >= 11 is 0. The van der Waals surface area contributed by atoms with E-state index in [0.717, 1.165) is 22.3 Å². The van der Waals surface area contributed by atoms with Gasteiger partial charge in [-0.2, -0.15) is 0 Å². The summed E-state index contributed by atoms with van der Waals surface area (Å²) in [6.07, 6.45) is -1.66. The van der Waals surface area contributed by atoms with Crippen molar-refractivity contribution >= 4 is 23.0 Å². The lowest BCUT2D eigenvalue weighted by Gasteiger charge is -2.29. The summed E-state index contributed by atoms with van der Waals surface area (Å²) in [5, 5.41) is 10.4. The number of rotatable bonds is 7. The Kier molecular flexibility index (Phi) is 7.36. The molecule has 1 N–H and O–H groups in total. The number of carbonyl (C=O) groups excluding carboxylic acids is 2. The number of alkyl carbamates (subject to hydrolysis) is 1. The average molecular weight is 543 g/mol. The second kappa shape index (κ2) is 10.9. The van der Waals surface area contributed by atoms with Crippen molar-refractivity contribution in [2.75, 3.05) is 6.61 Å². The zero-order valence-electron chi connectivity index (χ0n) is 22.7. The number of carbonyl (C=O) groups is 2. The number of fused-ring (bicyclic) bond motifs is 4. The largest absolute Gasteiger partial charge is 0.449 e. The number of nitrogens with zero attached hydrogens (tertiary/aromatic N) is 3. The molecule has 10 heteroatoms. The van der Waals surface area contributed by atoms with Crippen LogP contribution in [-0.4, -0.2) is 51.6 Å². The molecule has 1 aromatic heterocycles. The van der Waals surface area contributed by atoms with Gasteiger partial charge in [0, 0.05) is 5.92 Å². The quantitative estimate of drug-likeness (QED) is 0.350. The van der Waals surface area contributed by atoms with Crippen LogP contribution in [0, 0.1) is 0 Å².